The fourth-order valence-electron chi connectivity index (χ4n) is 2.08. The Balaban J connectivity index is 2.41. The van der Waals surface area contributed by atoms with Gasteiger partial charge in [-0.1, -0.05) is 45.0 Å². The predicted molar refractivity (Wildman–Crippen MR) is 77.8 cm³/mol. The number of hydrogen-bond donors (Lipinski definition) is 1. The van der Waals surface area contributed by atoms with Crippen LogP contribution in [0.3, 0.4) is 0 Å². The normalized spacial score (nSPS) is 11.8. The third-order valence-corrected chi connectivity index (χ3v) is 3.40. The fraction of sp³-hybridized carbons (Fsp3) is 0.625. The minimum atomic E-state index is 0.289. The van der Waals surface area contributed by atoms with Crippen LogP contribution in [0.25, 0.3) is 0 Å². The first-order valence-corrected chi connectivity index (χ1v) is 6.85. The Morgan fingerprint density at radius 3 is 2.44 bits per heavy atom. The van der Waals surface area contributed by atoms with Crippen molar-refractivity contribution in [3.63, 3.8) is 0 Å². The van der Waals surface area contributed by atoms with Crippen molar-refractivity contribution in [2.45, 2.75) is 40.2 Å². The molecule has 0 saturated heterocycles. The molecule has 0 aromatic heterocycles. The second kappa shape index (κ2) is 7.55. The van der Waals surface area contributed by atoms with Crippen LogP contribution in [-0.2, 0) is 17.7 Å². The van der Waals surface area contributed by atoms with Crippen molar-refractivity contribution in [1.82, 2.24) is 5.32 Å². The van der Waals surface area contributed by atoms with E-state index in [1.54, 1.807) is 7.11 Å². The summed E-state index contributed by atoms with van der Waals surface area (Å²) in [5.74, 6) is 0. The molecule has 1 N–H and O–H groups in total. The SMILES string of the molecule is CCc1ccccc1CNCC(C)(C)CCOC. The number of ether oxygens (including phenoxy) is 1. The average molecular weight is 249 g/mol. The lowest BCUT2D eigenvalue weighted by atomic mass is 9.89. The van der Waals surface area contributed by atoms with Crippen molar-refractivity contribution in [3.8, 4) is 0 Å². The summed E-state index contributed by atoms with van der Waals surface area (Å²) in [6.07, 6.45) is 2.19. The molecule has 0 fully saturated rings. The van der Waals surface area contributed by atoms with Gasteiger partial charge in [-0.25, -0.2) is 0 Å². The van der Waals surface area contributed by atoms with E-state index < -0.39 is 0 Å². The van der Waals surface area contributed by atoms with Crippen LogP contribution in [0.5, 0.6) is 0 Å². The molecule has 0 atom stereocenters. The van der Waals surface area contributed by atoms with Gasteiger partial charge < -0.3 is 10.1 Å². The Bertz CT molecular complexity index is 347. The highest BCUT2D eigenvalue weighted by Gasteiger charge is 2.16. The van der Waals surface area contributed by atoms with Gasteiger partial charge >= 0.3 is 0 Å². The Morgan fingerprint density at radius 2 is 1.83 bits per heavy atom. The molecule has 1 rings (SSSR count). The van der Waals surface area contributed by atoms with E-state index in [4.69, 9.17) is 4.74 Å². The van der Waals surface area contributed by atoms with Gasteiger partial charge in [-0.15, -0.1) is 0 Å². The zero-order valence-electron chi connectivity index (χ0n) is 12.3. The minimum absolute atomic E-state index is 0.289. The quantitative estimate of drug-likeness (QED) is 0.762. The average Bonchev–Trinajstić information content (AvgIpc) is 2.37. The lowest BCUT2D eigenvalue weighted by Crippen LogP contribution is -2.30. The third kappa shape index (κ3) is 5.19. The van der Waals surface area contributed by atoms with E-state index in [9.17, 15) is 0 Å². The lowest BCUT2D eigenvalue weighted by molar-refractivity contribution is 0.150. The van der Waals surface area contributed by atoms with Gasteiger partial charge in [0.05, 0.1) is 0 Å². The minimum Gasteiger partial charge on any atom is -0.385 e. The highest BCUT2D eigenvalue weighted by atomic mass is 16.5. The van der Waals surface area contributed by atoms with Gasteiger partial charge in [-0.2, -0.15) is 0 Å². The van der Waals surface area contributed by atoms with Crippen molar-refractivity contribution in [2.24, 2.45) is 5.41 Å². The van der Waals surface area contributed by atoms with Crippen molar-refractivity contribution in [1.29, 1.82) is 0 Å². The molecule has 0 radical (unpaired) electrons. The number of nitrogens with one attached hydrogen (secondary N) is 1. The van der Waals surface area contributed by atoms with Crippen LogP contribution in [0.1, 0.15) is 38.3 Å². The van der Waals surface area contributed by atoms with E-state index in [-0.39, 0.29) is 5.41 Å². The molecule has 0 aliphatic carbocycles. The zero-order chi connectivity index (χ0) is 13.4. The molecule has 1 aromatic carbocycles. The standard InChI is InChI=1S/C16H27NO/c1-5-14-8-6-7-9-15(14)12-17-13-16(2,3)10-11-18-4/h6-9,17H,5,10-13H2,1-4H3. The maximum absolute atomic E-state index is 5.15. The summed E-state index contributed by atoms with van der Waals surface area (Å²) in [5, 5.41) is 3.57. The molecule has 0 bridgehead atoms. The van der Waals surface area contributed by atoms with Crippen molar-refractivity contribution in [2.75, 3.05) is 20.3 Å². The smallest absolute Gasteiger partial charge is 0.0467 e. The van der Waals surface area contributed by atoms with Gasteiger partial charge in [0, 0.05) is 26.8 Å². The Hall–Kier alpha value is -0.860. The molecule has 2 heteroatoms. The molecule has 0 aliphatic rings. The van der Waals surface area contributed by atoms with Crippen LogP contribution in [0.2, 0.25) is 0 Å². The molecule has 0 aliphatic heterocycles. The molecule has 0 heterocycles. The van der Waals surface area contributed by atoms with E-state index >= 15 is 0 Å². The molecular weight excluding hydrogens is 222 g/mol. The lowest BCUT2D eigenvalue weighted by Gasteiger charge is -2.25. The first kappa shape index (κ1) is 15.2. The molecule has 102 valence electrons. The number of aryl methyl sites for hydroxylation is 1. The third-order valence-electron chi connectivity index (χ3n) is 3.40. The molecule has 0 amide bonds. The second-order valence-corrected chi connectivity index (χ2v) is 5.63. The summed E-state index contributed by atoms with van der Waals surface area (Å²) in [6, 6.07) is 8.66. The molecule has 2 nitrogen and oxygen atoms in total. The largest absolute Gasteiger partial charge is 0.385 e. The van der Waals surface area contributed by atoms with Crippen LogP contribution in [0.15, 0.2) is 24.3 Å². The summed E-state index contributed by atoms with van der Waals surface area (Å²) in [4.78, 5) is 0. The van der Waals surface area contributed by atoms with Crippen LogP contribution in [-0.4, -0.2) is 20.3 Å². The topological polar surface area (TPSA) is 21.3 Å². The monoisotopic (exact) mass is 249 g/mol. The van der Waals surface area contributed by atoms with Gasteiger partial charge in [0.2, 0.25) is 0 Å². The van der Waals surface area contributed by atoms with Crippen molar-refractivity contribution >= 4 is 0 Å². The second-order valence-electron chi connectivity index (χ2n) is 5.63. The summed E-state index contributed by atoms with van der Waals surface area (Å²) >= 11 is 0. The number of rotatable bonds is 8. The predicted octanol–water partition coefficient (Wildman–Crippen LogP) is 3.40. The highest BCUT2D eigenvalue weighted by molar-refractivity contribution is 5.26. The molecule has 0 spiro atoms. The maximum atomic E-state index is 5.15. The van der Waals surface area contributed by atoms with Gasteiger partial charge in [0.15, 0.2) is 0 Å². The van der Waals surface area contributed by atoms with Gasteiger partial charge in [-0.05, 0) is 29.4 Å². The van der Waals surface area contributed by atoms with E-state index in [0.717, 1.165) is 32.5 Å². The molecular formula is C16H27NO. The number of methoxy groups -OCH3 is 1. The fourth-order valence-corrected chi connectivity index (χ4v) is 2.08. The zero-order valence-corrected chi connectivity index (χ0v) is 12.3. The molecule has 0 saturated carbocycles. The first-order valence-electron chi connectivity index (χ1n) is 6.85. The first-order chi connectivity index (χ1) is 8.59. The summed E-state index contributed by atoms with van der Waals surface area (Å²) in [7, 11) is 1.76. The molecule has 18 heavy (non-hydrogen) atoms. The Kier molecular flexibility index (Phi) is 6.37. The summed E-state index contributed by atoms with van der Waals surface area (Å²) in [6.45, 7) is 9.59. The van der Waals surface area contributed by atoms with Gasteiger partial charge in [0.1, 0.15) is 0 Å². The molecule has 1 aromatic rings. The number of hydrogen-bond acceptors (Lipinski definition) is 2. The highest BCUT2D eigenvalue weighted by Crippen LogP contribution is 2.19. The van der Waals surface area contributed by atoms with Crippen molar-refractivity contribution < 1.29 is 4.74 Å². The van der Waals surface area contributed by atoms with Gasteiger partial charge in [-0.3, -0.25) is 0 Å². The van der Waals surface area contributed by atoms with E-state index in [0.29, 0.717) is 0 Å². The Morgan fingerprint density at radius 1 is 1.17 bits per heavy atom. The summed E-state index contributed by atoms with van der Waals surface area (Å²) < 4.78 is 5.15. The van der Waals surface area contributed by atoms with E-state index in [1.165, 1.54) is 11.1 Å². The van der Waals surface area contributed by atoms with Crippen LogP contribution in [0.4, 0.5) is 0 Å². The van der Waals surface area contributed by atoms with Crippen LogP contribution in [0, 0.1) is 5.41 Å². The van der Waals surface area contributed by atoms with E-state index in [1.807, 2.05) is 0 Å². The molecule has 0 unspecified atom stereocenters. The van der Waals surface area contributed by atoms with Crippen LogP contribution >= 0.6 is 0 Å². The van der Waals surface area contributed by atoms with Gasteiger partial charge in [0.25, 0.3) is 0 Å². The van der Waals surface area contributed by atoms with Crippen molar-refractivity contribution in [3.05, 3.63) is 35.4 Å². The summed E-state index contributed by atoms with van der Waals surface area (Å²) in [5.41, 5.74) is 3.15. The van der Waals surface area contributed by atoms with E-state index in [2.05, 4.69) is 50.4 Å². The Labute approximate surface area is 112 Å². The maximum Gasteiger partial charge on any atom is 0.0467 e. The van der Waals surface area contributed by atoms with Crippen LogP contribution < -0.4 is 5.32 Å². The number of benzene rings is 1.